The van der Waals surface area contributed by atoms with Crippen LogP contribution in [-0.2, 0) is 17.4 Å². The number of amides is 1. The Balaban J connectivity index is 1.87. The zero-order chi connectivity index (χ0) is 19.4. The maximum absolute atomic E-state index is 12.5. The predicted molar refractivity (Wildman–Crippen MR) is 108 cm³/mol. The van der Waals surface area contributed by atoms with Crippen molar-refractivity contribution in [1.29, 1.82) is 0 Å². The van der Waals surface area contributed by atoms with Crippen molar-refractivity contribution < 1.29 is 13.2 Å². The molecule has 0 saturated heterocycles. The number of benzene rings is 1. The first-order valence-electron chi connectivity index (χ1n) is 7.93. The SMILES string of the molecule is Cc1ccc(C(=O)NCc2cccnc2)cc1N(c1ccc(Cl)s1)[SH](=O)=O. The topological polar surface area (TPSA) is 79.4 Å². The van der Waals surface area contributed by atoms with Gasteiger partial charge in [0.25, 0.3) is 5.91 Å². The smallest absolute Gasteiger partial charge is 0.251 e. The van der Waals surface area contributed by atoms with Crippen LogP contribution in [0.5, 0.6) is 0 Å². The van der Waals surface area contributed by atoms with Crippen molar-refractivity contribution >= 4 is 50.4 Å². The molecule has 0 radical (unpaired) electrons. The standard InChI is InChI=1S/C18H16ClN3O3S2/c1-12-4-5-14(18(23)21-11-13-3-2-8-20-10-13)9-15(12)22(27(24)25)17-7-6-16(19)26-17/h2-10,27H,11H2,1H3,(H,21,23). The van der Waals surface area contributed by atoms with Gasteiger partial charge in [0.05, 0.1) is 10.0 Å². The number of anilines is 2. The molecule has 0 saturated carbocycles. The molecule has 1 amide bonds. The molecule has 27 heavy (non-hydrogen) atoms. The van der Waals surface area contributed by atoms with E-state index in [1.54, 1.807) is 55.7 Å². The molecular formula is C18H16ClN3O3S2. The predicted octanol–water partition coefficient (Wildman–Crippen LogP) is 3.70. The molecule has 0 bridgehead atoms. The van der Waals surface area contributed by atoms with Crippen LogP contribution >= 0.6 is 22.9 Å². The van der Waals surface area contributed by atoms with Crippen LogP contribution in [0.2, 0.25) is 4.34 Å². The van der Waals surface area contributed by atoms with E-state index in [0.29, 0.717) is 27.1 Å². The van der Waals surface area contributed by atoms with Crippen LogP contribution in [0.1, 0.15) is 21.5 Å². The summed E-state index contributed by atoms with van der Waals surface area (Å²) in [7, 11) is -2.95. The van der Waals surface area contributed by atoms with Crippen molar-refractivity contribution in [3.05, 3.63) is 75.9 Å². The number of hydrogen-bond acceptors (Lipinski definition) is 5. The first-order chi connectivity index (χ1) is 13.0. The summed E-state index contributed by atoms with van der Waals surface area (Å²) in [4.78, 5) is 16.5. The number of thiophene rings is 1. The van der Waals surface area contributed by atoms with Gasteiger partial charge in [-0.2, -0.15) is 0 Å². The summed E-state index contributed by atoms with van der Waals surface area (Å²) in [6.45, 7) is 2.11. The van der Waals surface area contributed by atoms with Gasteiger partial charge in [0, 0.05) is 24.5 Å². The van der Waals surface area contributed by atoms with Crippen LogP contribution < -0.4 is 9.62 Å². The number of rotatable bonds is 6. The van der Waals surface area contributed by atoms with Gasteiger partial charge in [-0.1, -0.05) is 23.7 Å². The van der Waals surface area contributed by atoms with Crippen molar-refractivity contribution in [2.45, 2.75) is 13.5 Å². The number of aromatic nitrogens is 1. The highest BCUT2D eigenvalue weighted by Crippen LogP contribution is 2.36. The van der Waals surface area contributed by atoms with Gasteiger partial charge in [0.2, 0.25) is 10.9 Å². The van der Waals surface area contributed by atoms with Crippen molar-refractivity contribution in [3.8, 4) is 0 Å². The number of carbonyl (C=O) groups is 1. The number of aryl methyl sites for hydroxylation is 1. The fourth-order valence-electron chi connectivity index (χ4n) is 2.47. The summed E-state index contributed by atoms with van der Waals surface area (Å²) in [6.07, 6.45) is 3.33. The van der Waals surface area contributed by atoms with Crippen LogP contribution in [-0.4, -0.2) is 19.3 Å². The largest absolute Gasteiger partial charge is 0.348 e. The fourth-order valence-corrected chi connectivity index (χ4v) is 4.37. The molecule has 0 aliphatic carbocycles. The Labute approximate surface area is 167 Å². The summed E-state index contributed by atoms with van der Waals surface area (Å²) in [5.74, 6) is -0.301. The Hall–Kier alpha value is -2.42. The molecule has 0 aliphatic rings. The number of hydrogen-bond donors (Lipinski definition) is 2. The lowest BCUT2D eigenvalue weighted by molar-refractivity contribution is 0.0951. The molecule has 2 aromatic heterocycles. The number of pyridine rings is 1. The molecule has 2 heterocycles. The van der Waals surface area contributed by atoms with Crippen LogP contribution in [0.25, 0.3) is 0 Å². The Morgan fingerprint density at radius 3 is 2.70 bits per heavy atom. The van der Waals surface area contributed by atoms with Gasteiger partial charge in [-0.3, -0.25) is 9.78 Å². The molecule has 6 nitrogen and oxygen atoms in total. The zero-order valence-corrected chi connectivity index (χ0v) is 16.7. The van der Waals surface area contributed by atoms with Gasteiger partial charge in [-0.25, -0.2) is 12.7 Å². The monoisotopic (exact) mass is 421 g/mol. The number of thiol groups is 1. The highest BCUT2D eigenvalue weighted by Gasteiger charge is 2.18. The molecule has 3 rings (SSSR count). The van der Waals surface area contributed by atoms with E-state index < -0.39 is 10.9 Å². The van der Waals surface area contributed by atoms with E-state index in [9.17, 15) is 13.2 Å². The quantitative estimate of drug-likeness (QED) is 0.595. The van der Waals surface area contributed by atoms with Crippen LogP contribution in [0.15, 0.2) is 54.9 Å². The lowest BCUT2D eigenvalue weighted by Gasteiger charge is -2.19. The number of nitrogens with zero attached hydrogens (tertiary/aromatic N) is 2. The molecule has 140 valence electrons. The Bertz CT molecular complexity index is 1030. The number of nitrogens with one attached hydrogen (secondary N) is 1. The summed E-state index contributed by atoms with van der Waals surface area (Å²) >= 11 is 7.09. The second-order valence-corrected chi connectivity index (χ2v) is 8.24. The first kappa shape index (κ1) is 19.3. The van der Waals surface area contributed by atoms with E-state index >= 15 is 0 Å². The Morgan fingerprint density at radius 2 is 2.07 bits per heavy atom. The molecule has 3 aromatic rings. The molecule has 0 spiro atoms. The third kappa shape index (κ3) is 4.65. The summed E-state index contributed by atoms with van der Waals surface area (Å²) < 4.78 is 25.4. The molecule has 0 fully saturated rings. The van der Waals surface area contributed by atoms with Gasteiger partial charge >= 0.3 is 0 Å². The van der Waals surface area contributed by atoms with Gasteiger partial charge < -0.3 is 5.32 Å². The molecule has 1 N–H and O–H groups in total. The average molecular weight is 422 g/mol. The fraction of sp³-hybridized carbons (Fsp3) is 0.111. The molecule has 0 aliphatic heterocycles. The second kappa shape index (κ2) is 8.51. The molecule has 9 heteroatoms. The molecule has 0 unspecified atom stereocenters. The highest BCUT2D eigenvalue weighted by molar-refractivity contribution is 7.74. The molecule has 1 aromatic carbocycles. The minimum absolute atomic E-state index is 0.301. The third-order valence-electron chi connectivity index (χ3n) is 3.81. The van der Waals surface area contributed by atoms with Crippen molar-refractivity contribution in [3.63, 3.8) is 0 Å². The minimum atomic E-state index is -2.95. The van der Waals surface area contributed by atoms with Gasteiger partial charge in [-0.15, -0.1) is 11.3 Å². The maximum atomic E-state index is 12.5. The van der Waals surface area contributed by atoms with Gasteiger partial charge in [0.1, 0.15) is 5.00 Å². The Kier molecular flexibility index (Phi) is 6.10. The third-order valence-corrected chi connectivity index (χ3v) is 5.92. The van der Waals surface area contributed by atoms with Gasteiger partial charge in [-0.05, 0) is 48.4 Å². The maximum Gasteiger partial charge on any atom is 0.251 e. The van der Waals surface area contributed by atoms with E-state index in [4.69, 9.17) is 11.6 Å². The first-order valence-corrected chi connectivity index (χ1v) is 10.3. The van der Waals surface area contributed by atoms with E-state index in [1.807, 2.05) is 6.07 Å². The molecular weight excluding hydrogens is 406 g/mol. The minimum Gasteiger partial charge on any atom is -0.348 e. The van der Waals surface area contributed by atoms with Gasteiger partial charge in [0.15, 0.2) is 0 Å². The van der Waals surface area contributed by atoms with Crippen LogP contribution in [0.3, 0.4) is 0 Å². The lowest BCUT2D eigenvalue weighted by atomic mass is 10.1. The summed E-state index contributed by atoms with van der Waals surface area (Å²) in [5, 5.41) is 3.27. The summed E-state index contributed by atoms with van der Waals surface area (Å²) in [6, 6.07) is 11.9. The van der Waals surface area contributed by atoms with Crippen molar-refractivity contribution in [2.75, 3.05) is 4.31 Å². The van der Waals surface area contributed by atoms with Crippen LogP contribution in [0.4, 0.5) is 10.7 Å². The van der Waals surface area contributed by atoms with Crippen molar-refractivity contribution in [2.24, 2.45) is 0 Å². The van der Waals surface area contributed by atoms with E-state index in [1.165, 1.54) is 4.31 Å². The van der Waals surface area contributed by atoms with Crippen molar-refractivity contribution in [1.82, 2.24) is 10.3 Å². The highest BCUT2D eigenvalue weighted by atomic mass is 35.5. The zero-order valence-electron chi connectivity index (χ0n) is 14.3. The Morgan fingerprint density at radius 1 is 1.26 bits per heavy atom. The average Bonchev–Trinajstić information content (AvgIpc) is 3.08. The van der Waals surface area contributed by atoms with Crippen LogP contribution in [0, 0.1) is 6.92 Å². The number of halogens is 1. The number of carbonyl (C=O) groups excluding carboxylic acids is 1. The van der Waals surface area contributed by atoms with E-state index in [0.717, 1.165) is 22.5 Å². The second-order valence-electron chi connectivity index (χ2n) is 5.67. The summed E-state index contributed by atoms with van der Waals surface area (Å²) in [5.41, 5.74) is 2.38. The lowest BCUT2D eigenvalue weighted by Crippen LogP contribution is -2.23. The van der Waals surface area contributed by atoms with E-state index in [2.05, 4.69) is 10.3 Å². The molecule has 0 atom stereocenters. The van der Waals surface area contributed by atoms with E-state index in [-0.39, 0.29) is 5.91 Å². The normalized spacial score (nSPS) is 10.8.